The smallest absolute Gasteiger partial charge is 0.255 e. The van der Waals surface area contributed by atoms with Gasteiger partial charge in [0.15, 0.2) is 0 Å². The number of anilines is 1. The van der Waals surface area contributed by atoms with Crippen LogP contribution in [0.1, 0.15) is 72.4 Å². The highest BCUT2D eigenvalue weighted by atomic mass is 16.1. The van der Waals surface area contributed by atoms with Gasteiger partial charge in [0.25, 0.3) is 5.91 Å². The van der Waals surface area contributed by atoms with Gasteiger partial charge in [-0.2, -0.15) is 0 Å². The molecule has 1 aliphatic rings. The molecule has 200 valence electrons. The van der Waals surface area contributed by atoms with Gasteiger partial charge in [0.1, 0.15) is 5.82 Å². The Balaban J connectivity index is 1.26. The molecule has 39 heavy (non-hydrogen) atoms. The Morgan fingerprint density at radius 3 is 2.62 bits per heavy atom. The minimum atomic E-state index is -0.120. The van der Waals surface area contributed by atoms with Gasteiger partial charge in [-0.05, 0) is 112 Å². The van der Waals surface area contributed by atoms with E-state index < -0.39 is 0 Å². The first kappa shape index (κ1) is 26.7. The van der Waals surface area contributed by atoms with E-state index in [0.29, 0.717) is 23.7 Å². The Labute approximate surface area is 231 Å². The van der Waals surface area contributed by atoms with Crippen molar-refractivity contribution in [1.82, 2.24) is 19.9 Å². The van der Waals surface area contributed by atoms with E-state index in [-0.39, 0.29) is 11.4 Å². The van der Waals surface area contributed by atoms with Crippen molar-refractivity contribution < 1.29 is 4.79 Å². The summed E-state index contributed by atoms with van der Waals surface area (Å²) in [6.45, 7) is 11.2. The predicted molar refractivity (Wildman–Crippen MR) is 157 cm³/mol. The van der Waals surface area contributed by atoms with Gasteiger partial charge in [-0.25, -0.2) is 9.97 Å². The summed E-state index contributed by atoms with van der Waals surface area (Å²) in [4.78, 5) is 29.1. The van der Waals surface area contributed by atoms with Crippen LogP contribution in [0.4, 0.5) is 5.69 Å². The third-order valence-corrected chi connectivity index (χ3v) is 7.63. The van der Waals surface area contributed by atoms with E-state index in [4.69, 9.17) is 4.98 Å². The average molecular weight is 520 g/mol. The van der Waals surface area contributed by atoms with E-state index in [2.05, 4.69) is 53.1 Å². The Hall–Kier alpha value is -3.90. The van der Waals surface area contributed by atoms with Crippen molar-refractivity contribution in [2.75, 3.05) is 18.4 Å². The van der Waals surface area contributed by atoms with E-state index in [1.165, 1.54) is 18.4 Å². The Bertz CT molecular complexity index is 1430. The summed E-state index contributed by atoms with van der Waals surface area (Å²) in [7, 11) is 0. The number of pyridine rings is 1. The van der Waals surface area contributed by atoms with Crippen molar-refractivity contribution in [3.63, 3.8) is 0 Å². The second-order valence-corrected chi connectivity index (χ2v) is 11.4. The summed E-state index contributed by atoms with van der Waals surface area (Å²) < 4.78 is 0. The zero-order valence-electron chi connectivity index (χ0n) is 23.3. The number of rotatable bonds is 6. The summed E-state index contributed by atoms with van der Waals surface area (Å²) in [5.74, 6) is 1.12. The quantitative estimate of drug-likeness (QED) is 0.308. The number of hydrogen-bond acceptors (Lipinski definition) is 5. The largest absolute Gasteiger partial charge is 0.322 e. The van der Waals surface area contributed by atoms with Crippen LogP contribution in [0.5, 0.6) is 0 Å². The van der Waals surface area contributed by atoms with Crippen LogP contribution >= 0.6 is 0 Å². The van der Waals surface area contributed by atoms with Crippen LogP contribution in [-0.2, 0) is 6.42 Å². The maximum absolute atomic E-state index is 13.2. The number of aryl methyl sites for hydroxylation is 1. The molecule has 1 amide bonds. The number of aromatic nitrogens is 3. The van der Waals surface area contributed by atoms with Crippen LogP contribution in [0.3, 0.4) is 0 Å². The summed E-state index contributed by atoms with van der Waals surface area (Å²) >= 11 is 0. The van der Waals surface area contributed by atoms with Crippen molar-refractivity contribution >= 4 is 11.6 Å². The van der Waals surface area contributed by atoms with E-state index >= 15 is 0 Å². The number of benzene rings is 2. The van der Waals surface area contributed by atoms with Crippen LogP contribution in [0.2, 0.25) is 0 Å². The second kappa shape index (κ2) is 11.5. The van der Waals surface area contributed by atoms with Gasteiger partial charge in [-0.15, -0.1) is 0 Å². The summed E-state index contributed by atoms with van der Waals surface area (Å²) in [6, 6.07) is 20.0. The highest BCUT2D eigenvalue weighted by Crippen LogP contribution is 2.31. The minimum Gasteiger partial charge on any atom is -0.322 e. The number of nitrogens with one attached hydrogen (secondary N) is 1. The number of hydrogen-bond donors (Lipinski definition) is 1. The van der Waals surface area contributed by atoms with Gasteiger partial charge in [0.2, 0.25) is 0 Å². The molecule has 1 fully saturated rings. The molecular weight excluding hydrogens is 482 g/mol. The fourth-order valence-electron chi connectivity index (χ4n) is 5.23. The molecule has 0 radical (unpaired) electrons. The summed E-state index contributed by atoms with van der Waals surface area (Å²) in [5, 5.41) is 3.08. The number of amides is 1. The molecule has 0 aliphatic carbocycles. The first-order valence-electron chi connectivity index (χ1n) is 13.7. The lowest BCUT2D eigenvalue weighted by atomic mass is 9.88. The van der Waals surface area contributed by atoms with E-state index in [1.807, 2.05) is 55.5 Å². The van der Waals surface area contributed by atoms with Crippen molar-refractivity contribution in [3.05, 3.63) is 107 Å². The van der Waals surface area contributed by atoms with Gasteiger partial charge >= 0.3 is 0 Å². The molecule has 3 heterocycles. The molecule has 2 aromatic carbocycles. The molecule has 1 aliphatic heterocycles. The maximum Gasteiger partial charge on any atom is 0.255 e. The number of likely N-dealkylation sites (tertiary alicyclic amines) is 1. The van der Waals surface area contributed by atoms with Gasteiger partial charge in [0, 0.05) is 53.9 Å². The van der Waals surface area contributed by atoms with E-state index in [1.54, 1.807) is 18.6 Å². The number of carbonyl (C=O) groups excluding carboxylic acids is 1. The van der Waals surface area contributed by atoms with Gasteiger partial charge < -0.3 is 5.32 Å². The highest BCUT2D eigenvalue weighted by Gasteiger charge is 2.28. The lowest BCUT2D eigenvalue weighted by molar-refractivity contribution is 0.0986. The fraction of sp³-hybridized carbons (Fsp3) is 0.333. The van der Waals surface area contributed by atoms with Crippen molar-refractivity contribution in [2.45, 2.75) is 58.4 Å². The molecule has 5 rings (SSSR count). The third-order valence-electron chi connectivity index (χ3n) is 7.63. The Morgan fingerprint density at radius 1 is 1.05 bits per heavy atom. The normalized spacial score (nSPS) is 16.2. The standard InChI is InChI=1S/C33H37N5O/c1-23-9-10-25(19-28(23)20-31-35-17-15-30(37-31)26-7-5-16-34-21-26)32(39)36-29-13-11-24(12-14-29)27-8-6-18-38(22-27)33(2,3)4/h5,7,9-17,19,21,27H,6,8,18,20,22H2,1-4H3,(H,36,39). The molecule has 6 heteroatoms. The number of piperidine rings is 1. The molecule has 1 atom stereocenters. The van der Waals surface area contributed by atoms with Gasteiger partial charge in [-0.1, -0.05) is 18.2 Å². The number of nitrogens with zero attached hydrogens (tertiary/aromatic N) is 4. The van der Waals surface area contributed by atoms with E-state index in [0.717, 1.165) is 41.2 Å². The Morgan fingerprint density at radius 2 is 1.87 bits per heavy atom. The highest BCUT2D eigenvalue weighted by molar-refractivity contribution is 6.04. The molecule has 0 bridgehead atoms. The molecule has 1 N–H and O–H groups in total. The monoisotopic (exact) mass is 519 g/mol. The fourth-order valence-corrected chi connectivity index (χ4v) is 5.23. The minimum absolute atomic E-state index is 0.120. The van der Waals surface area contributed by atoms with Gasteiger partial charge in [-0.3, -0.25) is 14.7 Å². The topological polar surface area (TPSA) is 71.0 Å². The third kappa shape index (κ3) is 6.58. The second-order valence-electron chi connectivity index (χ2n) is 11.4. The molecule has 0 saturated carbocycles. The van der Waals surface area contributed by atoms with Crippen LogP contribution < -0.4 is 5.32 Å². The van der Waals surface area contributed by atoms with Crippen LogP contribution in [0.15, 0.2) is 79.3 Å². The van der Waals surface area contributed by atoms with Crippen LogP contribution in [0.25, 0.3) is 11.3 Å². The zero-order chi connectivity index (χ0) is 27.4. The Kier molecular flexibility index (Phi) is 7.84. The number of carbonyl (C=O) groups is 1. The summed E-state index contributed by atoms with van der Waals surface area (Å²) in [5.41, 5.74) is 6.87. The van der Waals surface area contributed by atoms with Gasteiger partial charge in [0.05, 0.1) is 5.69 Å². The average Bonchev–Trinajstić information content (AvgIpc) is 2.95. The molecule has 4 aromatic rings. The molecule has 6 nitrogen and oxygen atoms in total. The predicted octanol–water partition coefficient (Wildman–Crippen LogP) is 6.67. The molecule has 1 unspecified atom stereocenters. The summed E-state index contributed by atoms with van der Waals surface area (Å²) in [6.07, 6.45) is 8.28. The van der Waals surface area contributed by atoms with Crippen molar-refractivity contribution in [3.8, 4) is 11.3 Å². The first-order chi connectivity index (χ1) is 18.8. The first-order valence-corrected chi connectivity index (χ1v) is 13.7. The zero-order valence-corrected chi connectivity index (χ0v) is 23.3. The van der Waals surface area contributed by atoms with E-state index in [9.17, 15) is 4.79 Å². The molecule has 2 aromatic heterocycles. The van der Waals surface area contributed by atoms with Crippen molar-refractivity contribution in [1.29, 1.82) is 0 Å². The van der Waals surface area contributed by atoms with Crippen molar-refractivity contribution in [2.24, 2.45) is 0 Å². The SMILES string of the molecule is Cc1ccc(C(=O)Nc2ccc(C3CCCN(C(C)(C)C)C3)cc2)cc1Cc1nccc(-c2cccnc2)n1. The maximum atomic E-state index is 13.2. The molecule has 1 saturated heterocycles. The lowest BCUT2D eigenvalue weighted by Crippen LogP contribution is -2.46. The van der Waals surface area contributed by atoms with Crippen LogP contribution in [-0.4, -0.2) is 44.4 Å². The molecule has 0 spiro atoms. The lowest BCUT2D eigenvalue weighted by Gasteiger charge is -2.41. The molecular formula is C33H37N5O. The van der Waals surface area contributed by atoms with Crippen LogP contribution in [0, 0.1) is 6.92 Å².